The lowest BCUT2D eigenvalue weighted by Crippen LogP contribution is -2.41. The molecule has 2 aromatic carbocycles. The minimum Gasteiger partial charge on any atom is -0.495 e. The predicted molar refractivity (Wildman–Crippen MR) is 117 cm³/mol. The Hall–Kier alpha value is -3.02. The summed E-state index contributed by atoms with van der Waals surface area (Å²) < 4.78 is 5.30. The zero-order valence-corrected chi connectivity index (χ0v) is 17.5. The van der Waals surface area contributed by atoms with Crippen molar-refractivity contribution in [2.75, 3.05) is 35.7 Å². The highest BCUT2D eigenvalue weighted by molar-refractivity contribution is 6.14. The van der Waals surface area contributed by atoms with E-state index in [2.05, 4.69) is 15.5 Å². The maximum absolute atomic E-state index is 12.8. The molecule has 6 nitrogen and oxygen atoms in total. The smallest absolute Gasteiger partial charge is 0.239 e. The van der Waals surface area contributed by atoms with Crippen molar-refractivity contribution in [3.63, 3.8) is 0 Å². The fourth-order valence-corrected chi connectivity index (χ4v) is 3.32. The summed E-state index contributed by atoms with van der Waals surface area (Å²) in [6, 6.07) is 13.3. The van der Waals surface area contributed by atoms with Gasteiger partial charge in [-0.2, -0.15) is 0 Å². The number of rotatable bonds is 6. The van der Waals surface area contributed by atoms with E-state index in [0.29, 0.717) is 17.1 Å². The third kappa shape index (κ3) is 4.70. The summed E-state index contributed by atoms with van der Waals surface area (Å²) in [5.41, 5.74) is 2.10. The highest BCUT2D eigenvalue weighted by Crippen LogP contribution is 2.29. The van der Waals surface area contributed by atoms with Crippen molar-refractivity contribution >= 4 is 28.9 Å². The minimum absolute atomic E-state index is 0.365. The Balaban J connectivity index is 1.67. The molecule has 1 fully saturated rings. The number of hydrogen-bond acceptors (Lipinski definition) is 4. The van der Waals surface area contributed by atoms with Crippen molar-refractivity contribution in [3.05, 3.63) is 48.0 Å². The molecule has 0 aliphatic carbocycles. The number of amides is 2. The normalized spacial score (nSPS) is 13.9. The number of carbonyl (C=O) groups excluding carboxylic acids is 2. The van der Waals surface area contributed by atoms with Gasteiger partial charge in [0, 0.05) is 24.5 Å². The van der Waals surface area contributed by atoms with Gasteiger partial charge in [0.05, 0.1) is 12.8 Å². The average Bonchev–Trinajstić information content (AvgIpc) is 3.23. The van der Waals surface area contributed by atoms with Crippen molar-refractivity contribution in [2.45, 2.75) is 33.6 Å². The Morgan fingerprint density at radius 2 is 1.59 bits per heavy atom. The number of anilines is 3. The van der Waals surface area contributed by atoms with Crippen LogP contribution < -0.4 is 20.3 Å². The van der Waals surface area contributed by atoms with E-state index in [1.54, 1.807) is 27.0 Å². The van der Waals surface area contributed by atoms with Crippen LogP contribution in [0.4, 0.5) is 17.1 Å². The van der Waals surface area contributed by atoms with E-state index in [-0.39, 0.29) is 5.91 Å². The second-order valence-electron chi connectivity index (χ2n) is 7.98. The van der Waals surface area contributed by atoms with Gasteiger partial charge in [-0.05, 0) is 75.6 Å². The fraction of sp³-hybridized carbons (Fsp3) is 0.391. The van der Waals surface area contributed by atoms with Crippen LogP contribution >= 0.6 is 0 Å². The molecule has 0 saturated carbocycles. The quantitative estimate of drug-likeness (QED) is 0.719. The van der Waals surface area contributed by atoms with Crippen LogP contribution in [-0.4, -0.2) is 32.0 Å². The third-order valence-electron chi connectivity index (χ3n) is 5.33. The van der Waals surface area contributed by atoms with Crippen LogP contribution in [0.1, 0.15) is 32.3 Å². The standard InChI is InChI=1S/C23H29N3O3/c1-16-7-12-20(29-4)19(15-16)25-22(28)23(2,3)21(27)24-17-8-10-18(11-9-17)26-13-5-6-14-26/h7-12,15H,5-6,13-14H2,1-4H3,(H,24,27)(H,25,28). The van der Waals surface area contributed by atoms with Crippen LogP contribution in [0.3, 0.4) is 0 Å². The number of ether oxygens (including phenoxy) is 1. The highest BCUT2D eigenvalue weighted by atomic mass is 16.5. The molecular formula is C23H29N3O3. The van der Waals surface area contributed by atoms with Crippen LogP contribution in [0, 0.1) is 12.3 Å². The Labute approximate surface area is 172 Å². The minimum atomic E-state index is -1.26. The van der Waals surface area contributed by atoms with E-state index in [1.165, 1.54) is 12.8 Å². The average molecular weight is 396 g/mol. The summed E-state index contributed by atoms with van der Waals surface area (Å²) in [6.07, 6.45) is 2.43. The largest absolute Gasteiger partial charge is 0.495 e. The molecule has 0 radical (unpaired) electrons. The number of methoxy groups -OCH3 is 1. The number of carbonyl (C=O) groups is 2. The van der Waals surface area contributed by atoms with E-state index >= 15 is 0 Å². The van der Waals surface area contributed by atoms with Gasteiger partial charge in [0.1, 0.15) is 11.2 Å². The van der Waals surface area contributed by atoms with Gasteiger partial charge in [0.25, 0.3) is 0 Å². The van der Waals surface area contributed by atoms with E-state index in [0.717, 1.165) is 24.3 Å². The fourth-order valence-electron chi connectivity index (χ4n) is 3.32. The second-order valence-corrected chi connectivity index (χ2v) is 7.98. The lowest BCUT2D eigenvalue weighted by molar-refractivity contribution is -0.135. The summed E-state index contributed by atoms with van der Waals surface area (Å²) >= 11 is 0. The molecule has 0 unspecified atom stereocenters. The molecule has 2 N–H and O–H groups in total. The van der Waals surface area contributed by atoms with Crippen molar-refractivity contribution in [3.8, 4) is 5.75 Å². The molecule has 2 aromatic rings. The molecule has 0 spiro atoms. The molecule has 2 amide bonds. The molecule has 29 heavy (non-hydrogen) atoms. The van der Waals surface area contributed by atoms with Gasteiger partial charge in [0.15, 0.2) is 0 Å². The molecule has 0 bridgehead atoms. The van der Waals surface area contributed by atoms with Gasteiger partial charge in [-0.15, -0.1) is 0 Å². The first kappa shape index (κ1) is 20.7. The van der Waals surface area contributed by atoms with E-state index in [9.17, 15) is 9.59 Å². The molecule has 1 aliphatic rings. The Morgan fingerprint density at radius 3 is 2.21 bits per heavy atom. The van der Waals surface area contributed by atoms with Gasteiger partial charge in [-0.3, -0.25) is 9.59 Å². The zero-order valence-electron chi connectivity index (χ0n) is 17.5. The third-order valence-corrected chi connectivity index (χ3v) is 5.33. The van der Waals surface area contributed by atoms with Crippen LogP contribution in [-0.2, 0) is 9.59 Å². The van der Waals surface area contributed by atoms with Crippen molar-refractivity contribution in [1.82, 2.24) is 0 Å². The van der Waals surface area contributed by atoms with Gasteiger partial charge in [0.2, 0.25) is 11.8 Å². The molecule has 3 rings (SSSR count). The van der Waals surface area contributed by atoms with Gasteiger partial charge >= 0.3 is 0 Å². The van der Waals surface area contributed by atoms with Crippen LogP contribution in [0.5, 0.6) is 5.75 Å². The molecule has 1 aliphatic heterocycles. The Kier molecular flexibility index (Phi) is 6.11. The summed E-state index contributed by atoms with van der Waals surface area (Å²) in [4.78, 5) is 28.0. The molecule has 0 aromatic heterocycles. The first-order valence-electron chi connectivity index (χ1n) is 9.94. The second kappa shape index (κ2) is 8.55. The number of benzene rings is 2. The van der Waals surface area contributed by atoms with E-state index in [4.69, 9.17) is 4.74 Å². The lowest BCUT2D eigenvalue weighted by Gasteiger charge is -2.24. The summed E-state index contributed by atoms with van der Waals surface area (Å²) in [6.45, 7) is 7.29. The first-order valence-corrected chi connectivity index (χ1v) is 9.94. The zero-order chi connectivity index (χ0) is 21.0. The van der Waals surface area contributed by atoms with E-state index in [1.807, 2.05) is 43.3 Å². The molecular weight excluding hydrogens is 366 g/mol. The maximum Gasteiger partial charge on any atom is 0.239 e. The number of nitrogens with zero attached hydrogens (tertiary/aromatic N) is 1. The molecule has 1 saturated heterocycles. The van der Waals surface area contributed by atoms with Gasteiger partial charge in [-0.25, -0.2) is 0 Å². The van der Waals surface area contributed by atoms with Crippen LogP contribution in [0.2, 0.25) is 0 Å². The lowest BCUT2D eigenvalue weighted by atomic mass is 9.90. The summed E-state index contributed by atoms with van der Waals surface area (Å²) in [7, 11) is 1.55. The molecule has 0 atom stereocenters. The predicted octanol–water partition coefficient (Wildman–Crippen LogP) is 4.21. The SMILES string of the molecule is COc1ccc(C)cc1NC(=O)C(C)(C)C(=O)Nc1ccc(N2CCCC2)cc1. The number of nitrogens with one attached hydrogen (secondary N) is 2. The Bertz CT molecular complexity index is 885. The van der Waals surface area contributed by atoms with Crippen LogP contribution in [0.25, 0.3) is 0 Å². The monoisotopic (exact) mass is 395 g/mol. The van der Waals surface area contributed by atoms with Crippen LogP contribution in [0.15, 0.2) is 42.5 Å². The van der Waals surface area contributed by atoms with Crippen molar-refractivity contribution in [2.24, 2.45) is 5.41 Å². The summed E-state index contributed by atoms with van der Waals surface area (Å²) in [5, 5.41) is 5.68. The molecule has 1 heterocycles. The summed E-state index contributed by atoms with van der Waals surface area (Å²) in [5.74, 6) is -0.208. The molecule has 6 heteroatoms. The number of aryl methyl sites for hydroxylation is 1. The number of hydrogen-bond donors (Lipinski definition) is 2. The van der Waals surface area contributed by atoms with Gasteiger partial charge < -0.3 is 20.3 Å². The van der Waals surface area contributed by atoms with Gasteiger partial charge in [-0.1, -0.05) is 6.07 Å². The van der Waals surface area contributed by atoms with E-state index < -0.39 is 11.3 Å². The maximum atomic E-state index is 12.8. The van der Waals surface area contributed by atoms with Crippen molar-refractivity contribution < 1.29 is 14.3 Å². The topological polar surface area (TPSA) is 70.7 Å². The Morgan fingerprint density at radius 1 is 0.966 bits per heavy atom. The first-order chi connectivity index (χ1) is 13.8. The molecule has 154 valence electrons. The highest BCUT2D eigenvalue weighted by Gasteiger charge is 2.36. The van der Waals surface area contributed by atoms with Crippen molar-refractivity contribution in [1.29, 1.82) is 0 Å².